The van der Waals surface area contributed by atoms with Gasteiger partial charge >= 0.3 is 5.97 Å². The summed E-state index contributed by atoms with van der Waals surface area (Å²) in [7, 11) is -1.91. The van der Waals surface area contributed by atoms with Crippen LogP contribution in [-0.2, 0) is 24.3 Å². The van der Waals surface area contributed by atoms with Crippen LogP contribution in [0.5, 0.6) is 0 Å². The van der Waals surface area contributed by atoms with Gasteiger partial charge in [-0.05, 0) is 19.9 Å². The summed E-state index contributed by atoms with van der Waals surface area (Å²) in [6, 6.07) is 6.57. The molecule has 9 heteroatoms. The Morgan fingerprint density at radius 3 is 2.59 bits per heavy atom. The third-order valence-electron chi connectivity index (χ3n) is 4.11. The van der Waals surface area contributed by atoms with Gasteiger partial charge in [0.2, 0.25) is 10.0 Å². The molecule has 0 saturated heterocycles. The Morgan fingerprint density at radius 1 is 1.30 bits per heavy atom. The Balaban J connectivity index is 2.03. The largest absolute Gasteiger partial charge is 0.461 e. The molecule has 1 aromatic carbocycles. The van der Waals surface area contributed by atoms with Crippen LogP contribution in [-0.4, -0.2) is 62.3 Å². The van der Waals surface area contributed by atoms with E-state index in [1.165, 1.54) is 7.05 Å². The van der Waals surface area contributed by atoms with Gasteiger partial charge in [0, 0.05) is 36.3 Å². The van der Waals surface area contributed by atoms with E-state index >= 15 is 0 Å². The number of rotatable bonds is 9. The van der Waals surface area contributed by atoms with Crippen molar-refractivity contribution in [2.75, 3.05) is 26.5 Å². The van der Waals surface area contributed by atoms with Gasteiger partial charge in [0.1, 0.15) is 18.8 Å². The van der Waals surface area contributed by atoms with Gasteiger partial charge in [-0.25, -0.2) is 17.5 Å². The fourth-order valence-corrected chi connectivity index (χ4v) is 3.12. The molecule has 1 aromatic heterocycles. The number of nitrogens with two attached hydrogens (primary N) is 1. The molecule has 0 aliphatic rings. The van der Waals surface area contributed by atoms with E-state index in [9.17, 15) is 13.2 Å². The summed E-state index contributed by atoms with van der Waals surface area (Å²) >= 11 is 0. The van der Waals surface area contributed by atoms with Crippen molar-refractivity contribution < 1.29 is 22.7 Å². The number of nitrogens with one attached hydrogen (secondary N) is 1. The molecule has 0 saturated carbocycles. The second-order valence-corrected chi connectivity index (χ2v) is 8.84. The van der Waals surface area contributed by atoms with Crippen LogP contribution >= 0.6 is 0 Å². The number of ether oxygens (including phenoxy) is 2. The molecule has 27 heavy (non-hydrogen) atoms. The van der Waals surface area contributed by atoms with Gasteiger partial charge in [-0.2, -0.15) is 0 Å². The lowest BCUT2D eigenvalue weighted by Crippen LogP contribution is -2.39. The molecule has 2 rings (SSSR count). The highest BCUT2D eigenvalue weighted by Crippen LogP contribution is 2.23. The van der Waals surface area contributed by atoms with Crippen LogP contribution in [0.1, 0.15) is 25.5 Å². The molecule has 0 spiro atoms. The quantitative estimate of drug-likeness (QED) is 0.618. The van der Waals surface area contributed by atoms with Gasteiger partial charge < -0.3 is 20.2 Å². The molecule has 0 aliphatic carbocycles. The van der Waals surface area contributed by atoms with Crippen molar-refractivity contribution in [2.45, 2.75) is 32.1 Å². The van der Waals surface area contributed by atoms with Crippen LogP contribution < -0.4 is 5.73 Å². The summed E-state index contributed by atoms with van der Waals surface area (Å²) in [6.07, 6.45) is 2.06. The zero-order valence-electron chi connectivity index (χ0n) is 16.0. The average Bonchev–Trinajstić information content (AvgIpc) is 3.01. The van der Waals surface area contributed by atoms with E-state index in [2.05, 4.69) is 4.98 Å². The monoisotopic (exact) mass is 397 g/mol. The van der Waals surface area contributed by atoms with Crippen molar-refractivity contribution >= 4 is 26.9 Å². The minimum Gasteiger partial charge on any atom is -0.461 e. The Hall–Kier alpha value is -1.94. The minimum absolute atomic E-state index is 0.0760. The third kappa shape index (κ3) is 5.77. The number of carbonyl (C=O) groups is 1. The molecule has 0 aliphatic heterocycles. The number of carbonyl (C=O) groups excluding carboxylic acids is 1. The number of aromatic amines is 1. The first kappa shape index (κ1) is 21.4. The van der Waals surface area contributed by atoms with Gasteiger partial charge in [0.15, 0.2) is 0 Å². The molecular weight excluding hydrogens is 370 g/mol. The number of H-pyrrole nitrogens is 1. The summed E-state index contributed by atoms with van der Waals surface area (Å²) < 4.78 is 35.4. The van der Waals surface area contributed by atoms with Gasteiger partial charge in [0.05, 0.1) is 12.4 Å². The number of fused-ring (bicyclic) bond motifs is 1. The number of aromatic nitrogens is 1. The molecule has 0 fully saturated rings. The second-order valence-electron chi connectivity index (χ2n) is 6.75. The highest BCUT2D eigenvalue weighted by molar-refractivity contribution is 7.88. The van der Waals surface area contributed by atoms with E-state index in [4.69, 9.17) is 15.2 Å². The summed E-state index contributed by atoms with van der Waals surface area (Å²) in [6.45, 7) is 3.64. The van der Waals surface area contributed by atoms with Crippen LogP contribution in [0.25, 0.3) is 10.9 Å². The van der Waals surface area contributed by atoms with Gasteiger partial charge in [0.25, 0.3) is 0 Å². The first-order valence-electron chi connectivity index (χ1n) is 8.64. The molecule has 150 valence electrons. The molecule has 1 heterocycles. The van der Waals surface area contributed by atoms with Crippen LogP contribution in [0, 0.1) is 0 Å². The standard InChI is InChI=1S/C18H27N3O5S/c1-12(2)26-13(10-21(3)27(4,23)24)11-25-18(22)17(19)15-9-20-16-8-6-5-7-14(15)16/h5-9,12-13,17,20H,10-11,19H2,1-4H3/t13-,17-/m0/s1. The van der Waals surface area contributed by atoms with Crippen LogP contribution in [0.4, 0.5) is 0 Å². The number of hydrogen-bond donors (Lipinski definition) is 2. The van der Waals surface area contributed by atoms with E-state index in [0.717, 1.165) is 21.5 Å². The number of nitrogens with zero attached hydrogens (tertiary/aromatic N) is 1. The maximum atomic E-state index is 12.4. The maximum absolute atomic E-state index is 12.4. The van der Waals surface area contributed by atoms with E-state index < -0.39 is 28.1 Å². The molecule has 8 nitrogen and oxygen atoms in total. The van der Waals surface area contributed by atoms with E-state index in [1.807, 2.05) is 38.1 Å². The number of likely N-dealkylation sites (N-methyl/N-ethyl adjacent to an activating group) is 1. The summed E-state index contributed by atoms with van der Waals surface area (Å²) in [5.41, 5.74) is 7.59. The average molecular weight is 397 g/mol. The predicted molar refractivity (Wildman–Crippen MR) is 104 cm³/mol. The highest BCUT2D eigenvalue weighted by Gasteiger charge is 2.24. The number of esters is 1. The summed E-state index contributed by atoms with van der Waals surface area (Å²) in [4.78, 5) is 15.5. The van der Waals surface area contributed by atoms with Crippen molar-refractivity contribution in [1.29, 1.82) is 0 Å². The first-order chi connectivity index (χ1) is 12.6. The van der Waals surface area contributed by atoms with E-state index in [1.54, 1.807) is 6.20 Å². The van der Waals surface area contributed by atoms with Crippen molar-refractivity contribution in [3.63, 3.8) is 0 Å². The SMILES string of the molecule is CC(C)O[C@H](COC(=O)[C@@H](N)c1c[nH]c2ccccc12)CN(C)S(C)(=O)=O. The Bertz CT molecular complexity index is 878. The van der Waals surface area contributed by atoms with Crippen LogP contribution in [0.2, 0.25) is 0 Å². The fraction of sp³-hybridized carbons (Fsp3) is 0.500. The lowest BCUT2D eigenvalue weighted by atomic mass is 10.1. The molecule has 0 amide bonds. The first-order valence-corrected chi connectivity index (χ1v) is 10.5. The number of hydrogen-bond acceptors (Lipinski definition) is 6. The third-order valence-corrected chi connectivity index (χ3v) is 5.39. The van der Waals surface area contributed by atoms with Crippen molar-refractivity contribution in [1.82, 2.24) is 9.29 Å². The molecule has 0 unspecified atom stereocenters. The smallest absolute Gasteiger partial charge is 0.327 e. The number of para-hydroxylation sites is 1. The second kappa shape index (κ2) is 8.83. The van der Waals surface area contributed by atoms with Gasteiger partial charge in [-0.15, -0.1) is 0 Å². The fourth-order valence-electron chi connectivity index (χ4n) is 2.69. The Morgan fingerprint density at radius 2 is 1.96 bits per heavy atom. The number of sulfonamides is 1. The topological polar surface area (TPSA) is 115 Å². The maximum Gasteiger partial charge on any atom is 0.327 e. The Labute approximate surface area is 159 Å². The van der Waals surface area contributed by atoms with E-state index in [0.29, 0.717) is 5.56 Å². The molecule has 0 radical (unpaired) electrons. The van der Waals surface area contributed by atoms with Gasteiger partial charge in [-0.3, -0.25) is 0 Å². The van der Waals surface area contributed by atoms with Crippen LogP contribution in [0.15, 0.2) is 30.5 Å². The van der Waals surface area contributed by atoms with Crippen LogP contribution in [0.3, 0.4) is 0 Å². The number of benzene rings is 1. The van der Waals surface area contributed by atoms with Crippen molar-refractivity contribution in [2.24, 2.45) is 5.73 Å². The molecule has 3 N–H and O–H groups in total. The van der Waals surface area contributed by atoms with Gasteiger partial charge in [-0.1, -0.05) is 18.2 Å². The zero-order chi connectivity index (χ0) is 20.2. The zero-order valence-corrected chi connectivity index (χ0v) is 16.8. The summed E-state index contributed by atoms with van der Waals surface area (Å²) in [5, 5.41) is 0.855. The molecular formula is C18H27N3O5S. The highest BCUT2D eigenvalue weighted by atomic mass is 32.2. The lowest BCUT2D eigenvalue weighted by Gasteiger charge is -2.25. The van der Waals surface area contributed by atoms with Crippen molar-refractivity contribution in [3.05, 3.63) is 36.0 Å². The predicted octanol–water partition coefficient (Wildman–Crippen LogP) is 1.40. The Kier molecular flexibility index (Phi) is 6.99. The van der Waals surface area contributed by atoms with E-state index in [-0.39, 0.29) is 19.3 Å². The minimum atomic E-state index is -3.36. The molecule has 2 aromatic rings. The normalized spacial score (nSPS) is 14.6. The lowest BCUT2D eigenvalue weighted by molar-refractivity contribution is -0.151. The summed E-state index contributed by atoms with van der Waals surface area (Å²) in [5.74, 6) is -0.598. The molecule has 0 bridgehead atoms. The molecule has 2 atom stereocenters. The van der Waals surface area contributed by atoms with Crippen molar-refractivity contribution in [3.8, 4) is 0 Å².